The molecular formula is C32H44N3O8S2+. The van der Waals surface area contributed by atoms with Gasteiger partial charge in [0.1, 0.15) is 23.4 Å². The fourth-order valence-corrected chi connectivity index (χ4v) is 8.81. The van der Waals surface area contributed by atoms with E-state index in [1.54, 1.807) is 6.92 Å². The van der Waals surface area contributed by atoms with Crippen LogP contribution in [0.25, 0.3) is 0 Å². The Bertz CT molecular complexity index is 1890. The van der Waals surface area contributed by atoms with E-state index in [2.05, 4.69) is 30.2 Å². The van der Waals surface area contributed by atoms with Gasteiger partial charge >= 0.3 is 0 Å². The first-order chi connectivity index (χ1) is 20.7. The van der Waals surface area contributed by atoms with E-state index in [-0.39, 0.29) is 29.4 Å². The van der Waals surface area contributed by atoms with Gasteiger partial charge in [-0.05, 0) is 71.1 Å². The van der Waals surface area contributed by atoms with Gasteiger partial charge in [0.25, 0.3) is 20.2 Å². The predicted octanol–water partition coefficient (Wildman–Crippen LogP) is 4.13. The van der Waals surface area contributed by atoms with E-state index in [4.69, 9.17) is 9.73 Å². The van der Waals surface area contributed by atoms with Gasteiger partial charge in [-0.25, -0.2) is 9.57 Å². The van der Waals surface area contributed by atoms with Crippen LogP contribution in [-0.4, -0.2) is 67.4 Å². The third-order valence-corrected chi connectivity index (χ3v) is 11.0. The van der Waals surface area contributed by atoms with Crippen molar-refractivity contribution < 1.29 is 35.5 Å². The zero-order chi connectivity index (χ0) is 33.1. The maximum absolute atomic E-state index is 12.1. The average molecular weight is 663 g/mol. The minimum absolute atomic E-state index is 0.103. The Morgan fingerprint density at radius 3 is 2.36 bits per heavy atom. The van der Waals surface area contributed by atoms with Crippen molar-refractivity contribution in [3.63, 3.8) is 0 Å². The Morgan fingerprint density at radius 2 is 1.71 bits per heavy atom. The van der Waals surface area contributed by atoms with Gasteiger partial charge in [0.05, 0.1) is 17.6 Å². The molecule has 0 aliphatic carbocycles. The van der Waals surface area contributed by atoms with Crippen LogP contribution < -0.4 is 24.9 Å². The van der Waals surface area contributed by atoms with E-state index in [1.165, 1.54) is 0 Å². The van der Waals surface area contributed by atoms with Crippen molar-refractivity contribution in [3.8, 4) is 11.5 Å². The van der Waals surface area contributed by atoms with Gasteiger partial charge in [0.2, 0.25) is 5.36 Å². The van der Waals surface area contributed by atoms with Gasteiger partial charge in [-0.3, -0.25) is 9.11 Å². The smallest absolute Gasteiger partial charge is 0.265 e. The summed E-state index contributed by atoms with van der Waals surface area (Å²) in [6.07, 6.45) is 2.67. The summed E-state index contributed by atoms with van der Waals surface area (Å²) in [7, 11) is -8.33. The third-order valence-electron chi connectivity index (χ3n) is 9.35. The fraction of sp³-hybridized carbons (Fsp3) is 0.594. The first-order valence-corrected chi connectivity index (χ1v) is 18.7. The molecule has 2 N–H and O–H groups in total. The number of ether oxygens (including phenoxy) is 1. The molecule has 0 saturated heterocycles. The van der Waals surface area contributed by atoms with Gasteiger partial charge < -0.3 is 14.4 Å². The maximum atomic E-state index is 12.1. The summed E-state index contributed by atoms with van der Waals surface area (Å²) >= 11 is 0. The molecule has 0 saturated carbocycles. The summed E-state index contributed by atoms with van der Waals surface area (Å²) in [6.45, 7) is 13.1. The molecule has 5 rings (SSSR count). The minimum atomic E-state index is -4.26. The lowest BCUT2D eigenvalue weighted by Gasteiger charge is -2.48. The van der Waals surface area contributed by atoms with E-state index in [0.717, 1.165) is 28.6 Å². The molecule has 0 radical (unpaired) electrons. The molecule has 3 heterocycles. The van der Waals surface area contributed by atoms with E-state index in [9.17, 15) is 30.7 Å². The Kier molecular flexibility index (Phi) is 8.73. The van der Waals surface area contributed by atoms with Gasteiger partial charge in [-0.1, -0.05) is 6.92 Å². The van der Waals surface area contributed by atoms with Crippen molar-refractivity contribution in [2.24, 2.45) is 4.99 Å². The Morgan fingerprint density at radius 1 is 1.00 bits per heavy atom. The molecule has 0 aromatic heterocycles. The largest absolute Gasteiger partial charge is 0.452 e. The molecule has 246 valence electrons. The van der Waals surface area contributed by atoms with Crippen molar-refractivity contribution in [2.75, 3.05) is 29.5 Å². The van der Waals surface area contributed by atoms with Crippen LogP contribution in [0.5, 0.6) is 11.5 Å². The highest BCUT2D eigenvalue weighted by atomic mass is 32.2. The Labute approximate surface area is 265 Å². The molecule has 0 spiro atoms. The summed E-state index contributed by atoms with van der Waals surface area (Å²) in [6, 6.07) is 7.72. The molecule has 3 aliphatic rings. The van der Waals surface area contributed by atoms with Crippen LogP contribution in [0.2, 0.25) is 0 Å². The van der Waals surface area contributed by atoms with E-state index in [0.29, 0.717) is 54.9 Å². The number of benzene rings is 2. The Balaban J connectivity index is 1.63. The normalized spacial score (nSPS) is 21.5. The molecule has 2 atom stereocenters. The molecule has 0 fully saturated rings. The summed E-state index contributed by atoms with van der Waals surface area (Å²) < 4.78 is 74.8. The van der Waals surface area contributed by atoms with E-state index >= 15 is 0 Å². The second kappa shape index (κ2) is 11.7. The number of hydrogen-bond acceptors (Lipinski definition) is 8. The SMILES string of the molecule is CC(=O)CCC[N+]1=c2cc3c(cc2C(CS(=O)(=O)O)CC1(C)C)=Nc1cc2c(cc1O3)N(CCCS(=O)(=O)O)C(C)(C)CC2C. The lowest BCUT2D eigenvalue weighted by molar-refractivity contribution is -0.117. The standard InChI is InChI=1S/C32H43N3O8S2/c1-20-17-31(3,4)35(11-8-12-44(37,38)39)27-15-29-25(13-23(20)27)33-26-14-24-22(19-45(40,41)42)18-32(5,6)34(10-7-9-21(2)36)28(24)16-30(26)43-29/h13-16,20,22H,7-12,17-19H2,1-6H3,(H-,37,38,39,40,41,42)/p+1. The van der Waals surface area contributed by atoms with Crippen LogP contribution in [0.1, 0.15) is 96.6 Å². The number of anilines is 1. The molecule has 11 nitrogen and oxygen atoms in total. The van der Waals surface area contributed by atoms with Crippen LogP contribution in [0, 0.1) is 0 Å². The number of rotatable bonds is 10. The predicted molar refractivity (Wildman–Crippen MR) is 173 cm³/mol. The number of carbonyl (C=O) groups is 1. The first-order valence-electron chi connectivity index (χ1n) is 15.4. The maximum Gasteiger partial charge on any atom is 0.265 e. The summed E-state index contributed by atoms with van der Waals surface area (Å²) in [5.74, 6) is 0.181. The number of fused-ring (bicyclic) bond motifs is 4. The van der Waals surface area contributed by atoms with Crippen LogP contribution in [-0.2, 0) is 25.0 Å². The highest BCUT2D eigenvalue weighted by Gasteiger charge is 2.42. The number of hydrogen-bond donors (Lipinski definition) is 2. The van der Waals surface area contributed by atoms with Crippen LogP contribution >= 0.6 is 0 Å². The van der Waals surface area contributed by atoms with Gasteiger partial charge in [0.15, 0.2) is 17.0 Å². The molecule has 2 aromatic rings. The number of nitrogens with zero attached hydrogens (tertiary/aromatic N) is 3. The molecular weight excluding hydrogens is 618 g/mol. The van der Waals surface area contributed by atoms with E-state index < -0.39 is 37.4 Å². The van der Waals surface area contributed by atoms with Crippen molar-refractivity contribution in [3.05, 3.63) is 46.1 Å². The molecule has 3 aliphatic heterocycles. The second-order valence-electron chi connectivity index (χ2n) is 14.1. The van der Waals surface area contributed by atoms with Crippen LogP contribution in [0.15, 0.2) is 29.3 Å². The molecule has 2 unspecified atom stereocenters. The van der Waals surface area contributed by atoms with Gasteiger partial charge in [-0.15, -0.1) is 0 Å². The van der Waals surface area contributed by atoms with Crippen molar-refractivity contribution in [2.45, 2.75) is 96.6 Å². The molecule has 13 heteroatoms. The highest BCUT2D eigenvalue weighted by molar-refractivity contribution is 7.86. The average Bonchev–Trinajstić information content (AvgIpc) is 2.87. The van der Waals surface area contributed by atoms with E-state index in [1.807, 2.05) is 38.1 Å². The summed E-state index contributed by atoms with van der Waals surface area (Å²) in [5, 5.41) is 1.36. The number of Topliss-reactive ketones (excluding diaryl/α,β-unsaturated/α-hetero) is 1. The highest BCUT2D eigenvalue weighted by Crippen LogP contribution is 2.49. The Hall–Kier alpha value is -2.87. The first kappa shape index (κ1) is 33.5. The minimum Gasteiger partial charge on any atom is -0.452 e. The zero-order valence-corrected chi connectivity index (χ0v) is 28.5. The van der Waals surface area contributed by atoms with Gasteiger partial charge in [0, 0.05) is 54.6 Å². The zero-order valence-electron chi connectivity index (χ0n) is 26.8. The number of carbonyl (C=O) groups excluding carboxylic acids is 1. The van der Waals surface area contributed by atoms with Crippen LogP contribution in [0.4, 0.5) is 11.4 Å². The van der Waals surface area contributed by atoms with Crippen molar-refractivity contribution in [1.29, 1.82) is 0 Å². The van der Waals surface area contributed by atoms with Crippen molar-refractivity contribution in [1.82, 2.24) is 4.58 Å². The quantitative estimate of drug-likeness (QED) is 0.241. The van der Waals surface area contributed by atoms with Crippen molar-refractivity contribution >= 4 is 37.4 Å². The molecule has 0 amide bonds. The second-order valence-corrected chi connectivity index (χ2v) is 17.2. The fourth-order valence-electron chi connectivity index (χ4n) is 7.51. The van der Waals surface area contributed by atoms with Crippen LogP contribution in [0.3, 0.4) is 0 Å². The number of ketones is 1. The third kappa shape index (κ3) is 7.26. The molecule has 2 aromatic carbocycles. The summed E-state index contributed by atoms with van der Waals surface area (Å²) in [4.78, 5) is 18.9. The molecule has 45 heavy (non-hydrogen) atoms. The molecule has 0 bridgehead atoms. The lowest BCUT2D eigenvalue weighted by atomic mass is 9.79. The summed E-state index contributed by atoms with van der Waals surface area (Å²) in [5.41, 5.74) is 2.69. The monoisotopic (exact) mass is 662 g/mol. The van der Waals surface area contributed by atoms with Gasteiger partial charge in [-0.2, -0.15) is 16.8 Å². The topological polar surface area (TPSA) is 154 Å². The lowest BCUT2D eigenvalue weighted by Crippen LogP contribution is -2.54.